The molecule has 0 aliphatic rings. The summed E-state index contributed by atoms with van der Waals surface area (Å²) in [4.78, 5) is 47.1. The molecular formula is C23H24ClN5O6. The number of halogens is 1. The van der Waals surface area contributed by atoms with Crippen LogP contribution in [0, 0.1) is 0 Å². The minimum atomic E-state index is -0.469. The van der Waals surface area contributed by atoms with Crippen molar-refractivity contribution in [3.8, 4) is 0 Å². The van der Waals surface area contributed by atoms with E-state index in [4.69, 9.17) is 31.0 Å². The summed E-state index contributed by atoms with van der Waals surface area (Å²) >= 11 is 5.95. The van der Waals surface area contributed by atoms with Crippen molar-refractivity contribution in [2.45, 2.75) is 13.8 Å². The largest absolute Gasteiger partial charge is 0.483 e. The third-order valence-corrected chi connectivity index (χ3v) is 4.37. The van der Waals surface area contributed by atoms with E-state index in [1.54, 1.807) is 63.0 Å². The van der Waals surface area contributed by atoms with Gasteiger partial charge in [0.2, 0.25) is 0 Å². The molecule has 4 aromatic heterocycles. The van der Waals surface area contributed by atoms with E-state index in [2.05, 4.69) is 19.9 Å². The molecule has 0 bridgehead atoms. The highest BCUT2D eigenvalue weighted by atomic mass is 35.5. The third kappa shape index (κ3) is 8.25. The van der Waals surface area contributed by atoms with Gasteiger partial charge in [0.1, 0.15) is 10.8 Å². The van der Waals surface area contributed by atoms with Gasteiger partial charge in [-0.3, -0.25) is 14.8 Å². The van der Waals surface area contributed by atoms with Gasteiger partial charge in [-0.25, -0.2) is 19.6 Å². The van der Waals surface area contributed by atoms with E-state index in [9.17, 15) is 9.59 Å². The van der Waals surface area contributed by atoms with E-state index in [-0.39, 0.29) is 23.5 Å². The Bertz CT molecular complexity index is 1290. The molecule has 4 aromatic rings. The summed E-state index contributed by atoms with van der Waals surface area (Å²) in [7, 11) is 0. The molecule has 4 N–H and O–H groups in total. The van der Waals surface area contributed by atoms with Crippen molar-refractivity contribution in [2.75, 3.05) is 13.2 Å². The highest BCUT2D eigenvalue weighted by Gasteiger charge is 2.12. The van der Waals surface area contributed by atoms with Crippen LogP contribution in [-0.4, -0.2) is 56.7 Å². The molecule has 0 atom stereocenters. The van der Waals surface area contributed by atoms with Crippen molar-refractivity contribution >= 4 is 51.6 Å². The lowest BCUT2D eigenvalue weighted by molar-refractivity contribution is -0.122. The Labute approximate surface area is 205 Å². The molecule has 184 valence electrons. The van der Waals surface area contributed by atoms with Gasteiger partial charge in [-0.05, 0) is 48.9 Å². The van der Waals surface area contributed by atoms with E-state index in [0.717, 1.165) is 21.5 Å². The third-order valence-electron chi connectivity index (χ3n) is 4.08. The van der Waals surface area contributed by atoms with Gasteiger partial charge in [0.05, 0.1) is 13.2 Å². The Morgan fingerprint density at radius 3 is 2.09 bits per heavy atom. The Morgan fingerprint density at radius 2 is 1.46 bits per heavy atom. The van der Waals surface area contributed by atoms with Crippen LogP contribution in [0.2, 0.25) is 5.15 Å². The molecule has 4 rings (SSSR count). The van der Waals surface area contributed by atoms with Crippen LogP contribution in [-0.2, 0) is 14.3 Å². The number of carboxylic acid groups (broad SMARTS) is 1. The second kappa shape index (κ2) is 14.8. The summed E-state index contributed by atoms with van der Waals surface area (Å²) in [5, 5.41) is 10.5. The minimum absolute atomic E-state index is 0. The summed E-state index contributed by atoms with van der Waals surface area (Å²) in [6.45, 7) is 3.93. The highest BCUT2D eigenvalue weighted by Crippen LogP contribution is 2.21. The SMILES string of the molecule is CCOC(=O)c1cc2ccncc2c(Cl)n1.CCOC(=O)c1cc2ccncc2cn1.N.O=CO. The van der Waals surface area contributed by atoms with Gasteiger partial charge in [-0.1, -0.05) is 11.6 Å². The number of fused-ring (bicyclic) bond motifs is 2. The van der Waals surface area contributed by atoms with Gasteiger partial charge in [0.15, 0.2) is 5.69 Å². The standard InChI is InChI=1S/C11H9ClN2O2.C11H10N2O2.CH2O2.H3N/c1-2-16-11(15)9-5-7-3-4-13-6-8(7)10(12)14-9;1-2-15-11(14)10-5-8-3-4-12-6-9(8)7-13-10;2-1-3;/h3-6H,2H2,1H3;3-7H,2H2,1H3;1H,(H,2,3);1H3. The van der Waals surface area contributed by atoms with Crippen molar-refractivity contribution in [2.24, 2.45) is 0 Å². The minimum Gasteiger partial charge on any atom is -0.483 e. The van der Waals surface area contributed by atoms with Crippen molar-refractivity contribution in [3.05, 3.63) is 71.8 Å². The lowest BCUT2D eigenvalue weighted by atomic mass is 10.2. The first-order chi connectivity index (χ1) is 16.4. The number of hydrogen-bond acceptors (Lipinski definition) is 10. The number of esters is 2. The lowest BCUT2D eigenvalue weighted by Crippen LogP contribution is -2.07. The number of carbonyl (C=O) groups is 3. The number of hydrogen-bond donors (Lipinski definition) is 2. The van der Waals surface area contributed by atoms with Gasteiger partial charge in [0.25, 0.3) is 6.47 Å². The Balaban J connectivity index is 0.000000308. The monoisotopic (exact) mass is 501 g/mol. The maximum atomic E-state index is 11.5. The molecule has 0 amide bonds. The molecule has 0 aliphatic heterocycles. The predicted molar refractivity (Wildman–Crippen MR) is 130 cm³/mol. The molecule has 0 aromatic carbocycles. The second-order valence-corrected chi connectivity index (χ2v) is 6.59. The van der Waals surface area contributed by atoms with Crippen LogP contribution in [0.5, 0.6) is 0 Å². The summed E-state index contributed by atoms with van der Waals surface area (Å²) in [6.07, 6.45) is 8.25. The van der Waals surface area contributed by atoms with E-state index in [0.29, 0.717) is 18.9 Å². The van der Waals surface area contributed by atoms with Crippen LogP contribution in [0.4, 0.5) is 0 Å². The summed E-state index contributed by atoms with van der Waals surface area (Å²) in [5.74, 6) is -0.862. The molecule has 0 aliphatic carbocycles. The fourth-order valence-corrected chi connectivity index (χ4v) is 2.90. The molecule has 0 radical (unpaired) electrons. The maximum absolute atomic E-state index is 11.5. The van der Waals surface area contributed by atoms with Crippen LogP contribution in [0.3, 0.4) is 0 Å². The fourth-order valence-electron chi connectivity index (χ4n) is 2.66. The molecule has 4 heterocycles. The van der Waals surface area contributed by atoms with Crippen LogP contribution in [0.25, 0.3) is 21.5 Å². The number of nitrogens with zero attached hydrogens (tertiary/aromatic N) is 4. The average Bonchev–Trinajstić information content (AvgIpc) is 2.85. The van der Waals surface area contributed by atoms with Gasteiger partial charge in [-0.15, -0.1) is 0 Å². The van der Waals surface area contributed by atoms with Crippen LogP contribution < -0.4 is 6.15 Å². The van der Waals surface area contributed by atoms with E-state index >= 15 is 0 Å². The zero-order valence-corrected chi connectivity index (χ0v) is 19.8. The Hall–Kier alpha value is -4.22. The summed E-state index contributed by atoms with van der Waals surface area (Å²) < 4.78 is 9.72. The molecule has 0 fully saturated rings. The maximum Gasteiger partial charge on any atom is 0.356 e. The first-order valence-corrected chi connectivity index (χ1v) is 10.3. The van der Waals surface area contributed by atoms with Crippen LogP contribution in [0.1, 0.15) is 34.8 Å². The molecule has 0 spiro atoms. The lowest BCUT2D eigenvalue weighted by Gasteiger charge is -2.04. The molecule has 35 heavy (non-hydrogen) atoms. The van der Waals surface area contributed by atoms with Crippen molar-refractivity contribution < 1.29 is 29.0 Å². The number of carbonyl (C=O) groups excluding carboxylic acids is 2. The summed E-state index contributed by atoms with van der Waals surface area (Å²) in [5.41, 5.74) is 0.543. The van der Waals surface area contributed by atoms with Gasteiger partial charge in [-0.2, -0.15) is 0 Å². The molecule has 0 saturated carbocycles. The topological polar surface area (TPSA) is 176 Å². The zero-order valence-electron chi connectivity index (χ0n) is 19.1. The first-order valence-electron chi connectivity index (χ1n) is 9.97. The van der Waals surface area contributed by atoms with Gasteiger partial charge >= 0.3 is 11.9 Å². The fraction of sp³-hybridized carbons (Fsp3) is 0.174. The van der Waals surface area contributed by atoms with Crippen molar-refractivity contribution in [1.82, 2.24) is 26.1 Å². The van der Waals surface area contributed by atoms with Gasteiger partial charge < -0.3 is 20.7 Å². The smallest absolute Gasteiger partial charge is 0.356 e. The average molecular weight is 502 g/mol. The summed E-state index contributed by atoms with van der Waals surface area (Å²) in [6, 6.07) is 6.95. The zero-order chi connectivity index (χ0) is 24.9. The predicted octanol–water partition coefficient (Wildman–Crippen LogP) is 4.13. The molecular weight excluding hydrogens is 478 g/mol. The van der Waals surface area contributed by atoms with E-state index < -0.39 is 11.9 Å². The quantitative estimate of drug-likeness (QED) is 0.233. The normalized spacial score (nSPS) is 9.46. The second-order valence-electron chi connectivity index (χ2n) is 6.23. The van der Waals surface area contributed by atoms with Crippen LogP contribution >= 0.6 is 11.6 Å². The Morgan fingerprint density at radius 1 is 0.914 bits per heavy atom. The van der Waals surface area contributed by atoms with Crippen molar-refractivity contribution in [1.29, 1.82) is 0 Å². The van der Waals surface area contributed by atoms with E-state index in [1.165, 1.54) is 0 Å². The highest BCUT2D eigenvalue weighted by molar-refractivity contribution is 6.34. The molecule has 11 nitrogen and oxygen atoms in total. The number of ether oxygens (including phenoxy) is 2. The van der Waals surface area contributed by atoms with E-state index in [1.807, 2.05) is 6.07 Å². The van der Waals surface area contributed by atoms with Crippen LogP contribution in [0.15, 0.2) is 55.2 Å². The number of rotatable bonds is 4. The first kappa shape index (κ1) is 28.8. The van der Waals surface area contributed by atoms with Crippen molar-refractivity contribution in [3.63, 3.8) is 0 Å². The Kier molecular flexibility index (Phi) is 12.2. The number of pyridine rings is 4. The molecule has 0 unspecified atom stereocenters. The van der Waals surface area contributed by atoms with Gasteiger partial charge in [0, 0.05) is 41.8 Å². The molecule has 0 saturated heterocycles. The number of aromatic nitrogens is 4. The molecule has 12 heteroatoms.